The standard InChI is InChI=1S/C13H18O2/c1-15-13-9-11-5-2-4-10(11)8-12(13)6-3-7-14/h8-9,14H,2-7H2,1H3. The van der Waals surface area contributed by atoms with Gasteiger partial charge in [-0.25, -0.2) is 0 Å². The van der Waals surface area contributed by atoms with E-state index in [9.17, 15) is 0 Å². The summed E-state index contributed by atoms with van der Waals surface area (Å²) in [7, 11) is 1.72. The van der Waals surface area contributed by atoms with Gasteiger partial charge in [0, 0.05) is 6.61 Å². The summed E-state index contributed by atoms with van der Waals surface area (Å²) in [6.45, 7) is 0.250. The third kappa shape index (κ3) is 2.15. The molecule has 1 aromatic carbocycles. The summed E-state index contributed by atoms with van der Waals surface area (Å²) in [6.07, 6.45) is 5.38. The van der Waals surface area contributed by atoms with E-state index in [4.69, 9.17) is 9.84 Å². The molecule has 0 saturated heterocycles. The molecule has 0 unspecified atom stereocenters. The zero-order chi connectivity index (χ0) is 10.7. The van der Waals surface area contributed by atoms with Gasteiger partial charge in [-0.1, -0.05) is 6.07 Å². The lowest BCUT2D eigenvalue weighted by Gasteiger charge is -2.11. The molecule has 0 bridgehead atoms. The number of hydrogen-bond donors (Lipinski definition) is 1. The highest BCUT2D eigenvalue weighted by Crippen LogP contribution is 2.30. The van der Waals surface area contributed by atoms with Crippen molar-refractivity contribution in [3.8, 4) is 5.75 Å². The lowest BCUT2D eigenvalue weighted by molar-refractivity contribution is 0.287. The first kappa shape index (κ1) is 10.5. The van der Waals surface area contributed by atoms with Gasteiger partial charge in [0.2, 0.25) is 0 Å². The summed E-state index contributed by atoms with van der Waals surface area (Å²) in [4.78, 5) is 0. The van der Waals surface area contributed by atoms with Crippen LogP contribution in [0.3, 0.4) is 0 Å². The van der Waals surface area contributed by atoms with Gasteiger partial charge in [0.15, 0.2) is 0 Å². The van der Waals surface area contributed by atoms with Crippen LogP contribution in [-0.2, 0) is 19.3 Å². The molecule has 0 aromatic heterocycles. The van der Waals surface area contributed by atoms with Gasteiger partial charge < -0.3 is 9.84 Å². The number of rotatable bonds is 4. The molecule has 0 spiro atoms. The second-order valence-corrected chi connectivity index (χ2v) is 4.11. The zero-order valence-corrected chi connectivity index (χ0v) is 9.25. The van der Waals surface area contributed by atoms with Crippen molar-refractivity contribution in [2.45, 2.75) is 32.1 Å². The van der Waals surface area contributed by atoms with E-state index in [1.165, 1.54) is 36.0 Å². The minimum Gasteiger partial charge on any atom is -0.496 e. The van der Waals surface area contributed by atoms with Crippen molar-refractivity contribution < 1.29 is 9.84 Å². The summed E-state index contributed by atoms with van der Waals surface area (Å²) in [5, 5.41) is 8.84. The fourth-order valence-electron chi connectivity index (χ4n) is 2.31. The average Bonchev–Trinajstić information content (AvgIpc) is 2.71. The van der Waals surface area contributed by atoms with E-state index in [1.807, 2.05) is 0 Å². The Balaban J connectivity index is 2.27. The molecular formula is C13H18O2. The van der Waals surface area contributed by atoms with E-state index in [-0.39, 0.29) is 6.61 Å². The predicted molar refractivity (Wildman–Crippen MR) is 60.4 cm³/mol. The summed E-state index contributed by atoms with van der Waals surface area (Å²) < 4.78 is 5.39. The Morgan fingerprint density at radius 2 is 2.00 bits per heavy atom. The molecule has 82 valence electrons. The molecule has 2 nitrogen and oxygen atoms in total. The third-order valence-corrected chi connectivity index (χ3v) is 3.10. The molecule has 1 aliphatic carbocycles. The van der Waals surface area contributed by atoms with E-state index >= 15 is 0 Å². The number of aliphatic hydroxyl groups excluding tert-OH is 1. The summed E-state index contributed by atoms with van der Waals surface area (Å²) in [6, 6.07) is 4.44. The highest BCUT2D eigenvalue weighted by Gasteiger charge is 2.14. The Morgan fingerprint density at radius 1 is 1.27 bits per heavy atom. The van der Waals surface area contributed by atoms with Crippen LogP contribution in [0, 0.1) is 0 Å². The first-order chi connectivity index (χ1) is 7.35. The van der Waals surface area contributed by atoms with Gasteiger partial charge in [0.25, 0.3) is 0 Å². The number of hydrogen-bond acceptors (Lipinski definition) is 2. The van der Waals surface area contributed by atoms with Crippen molar-refractivity contribution in [3.05, 3.63) is 28.8 Å². The quantitative estimate of drug-likeness (QED) is 0.817. The predicted octanol–water partition coefficient (Wildman–Crippen LogP) is 2.11. The van der Waals surface area contributed by atoms with Gasteiger partial charge in [-0.05, 0) is 54.9 Å². The number of aryl methyl sites for hydroxylation is 3. The molecule has 1 N–H and O–H groups in total. The fraction of sp³-hybridized carbons (Fsp3) is 0.538. The van der Waals surface area contributed by atoms with Crippen LogP contribution in [0.25, 0.3) is 0 Å². The largest absolute Gasteiger partial charge is 0.496 e. The fourth-order valence-corrected chi connectivity index (χ4v) is 2.31. The van der Waals surface area contributed by atoms with Crippen LogP contribution in [0.1, 0.15) is 29.5 Å². The Kier molecular flexibility index (Phi) is 3.27. The molecule has 0 saturated carbocycles. The van der Waals surface area contributed by atoms with Gasteiger partial charge in [0.05, 0.1) is 7.11 Å². The molecule has 0 heterocycles. The molecule has 2 rings (SSSR count). The highest BCUT2D eigenvalue weighted by atomic mass is 16.5. The molecule has 2 heteroatoms. The van der Waals surface area contributed by atoms with E-state index in [0.29, 0.717) is 0 Å². The van der Waals surface area contributed by atoms with E-state index < -0.39 is 0 Å². The molecule has 15 heavy (non-hydrogen) atoms. The van der Waals surface area contributed by atoms with Crippen molar-refractivity contribution in [1.82, 2.24) is 0 Å². The maximum absolute atomic E-state index is 8.84. The lowest BCUT2D eigenvalue weighted by Crippen LogP contribution is -1.97. The van der Waals surface area contributed by atoms with Gasteiger partial charge in [0.1, 0.15) is 5.75 Å². The monoisotopic (exact) mass is 206 g/mol. The smallest absolute Gasteiger partial charge is 0.122 e. The van der Waals surface area contributed by atoms with E-state index in [2.05, 4.69) is 12.1 Å². The van der Waals surface area contributed by atoms with Gasteiger partial charge in [-0.3, -0.25) is 0 Å². The van der Waals surface area contributed by atoms with Crippen LogP contribution in [0.2, 0.25) is 0 Å². The van der Waals surface area contributed by atoms with Crippen LogP contribution < -0.4 is 4.74 Å². The molecule has 0 atom stereocenters. The molecule has 0 radical (unpaired) electrons. The van der Waals surface area contributed by atoms with Crippen molar-refractivity contribution in [3.63, 3.8) is 0 Å². The summed E-state index contributed by atoms with van der Waals surface area (Å²) >= 11 is 0. The number of fused-ring (bicyclic) bond motifs is 1. The minimum absolute atomic E-state index is 0.250. The zero-order valence-electron chi connectivity index (χ0n) is 9.25. The van der Waals surface area contributed by atoms with Crippen molar-refractivity contribution in [1.29, 1.82) is 0 Å². The Hall–Kier alpha value is -1.02. The SMILES string of the molecule is COc1cc2c(cc1CCCO)CCC2. The topological polar surface area (TPSA) is 29.5 Å². The molecule has 0 amide bonds. The normalized spacial score (nSPS) is 14.0. The third-order valence-electron chi connectivity index (χ3n) is 3.10. The van der Waals surface area contributed by atoms with Gasteiger partial charge in [-0.2, -0.15) is 0 Å². The molecule has 1 aliphatic rings. The second kappa shape index (κ2) is 4.67. The second-order valence-electron chi connectivity index (χ2n) is 4.11. The average molecular weight is 206 g/mol. The van der Waals surface area contributed by atoms with Gasteiger partial charge >= 0.3 is 0 Å². The molecular weight excluding hydrogens is 188 g/mol. The summed E-state index contributed by atoms with van der Waals surface area (Å²) in [5.74, 6) is 0.990. The molecule has 1 aromatic rings. The minimum atomic E-state index is 0.250. The Bertz CT molecular complexity index is 345. The first-order valence-electron chi connectivity index (χ1n) is 5.64. The van der Waals surface area contributed by atoms with Crippen molar-refractivity contribution in [2.75, 3.05) is 13.7 Å². The van der Waals surface area contributed by atoms with Gasteiger partial charge in [-0.15, -0.1) is 0 Å². The maximum Gasteiger partial charge on any atom is 0.122 e. The van der Waals surface area contributed by atoms with Crippen molar-refractivity contribution >= 4 is 0 Å². The molecule has 0 aliphatic heterocycles. The van der Waals surface area contributed by atoms with Crippen LogP contribution in [0.5, 0.6) is 5.75 Å². The van der Waals surface area contributed by atoms with E-state index in [0.717, 1.165) is 18.6 Å². The number of aliphatic hydroxyl groups is 1. The maximum atomic E-state index is 8.84. The van der Waals surface area contributed by atoms with E-state index in [1.54, 1.807) is 7.11 Å². The first-order valence-corrected chi connectivity index (χ1v) is 5.64. The van der Waals surface area contributed by atoms with Crippen LogP contribution in [-0.4, -0.2) is 18.8 Å². The Morgan fingerprint density at radius 3 is 2.67 bits per heavy atom. The summed E-state index contributed by atoms with van der Waals surface area (Å²) in [5.41, 5.74) is 4.16. The van der Waals surface area contributed by atoms with Crippen LogP contribution in [0.4, 0.5) is 0 Å². The van der Waals surface area contributed by atoms with Crippen molar-refractivity contribution in [2.24, 2.45) is 0 Å². The Labute approximate surface area is 90.9 Å². The molecule has 0 fully saturated rings. The van der Waals surface area contributed by atoms with Crippen LogP contribution in [0.15, 0.2) is 12.1 Å². The lowest BCUT2D eigenvalue weighted by atomic mass is 10.0. The highest BCUT2D eigenvalue weighted by molar-refractivity contribution is 5.44. The van der Waals surface area contributed by atoms with Crippen LogP contribution >= 0.6 is 0 Å². The number of methoxy groups -OCH3 is 1. The number of ether oxygens (including phenoxy) is 1. The number of benzene rings is 1.